The molecule has 1 atom stereocenters. The Morgan fingerprint density at radius 3 is 2.70 bits per heavy atom. The molecule has 0 fully saturated rings. The third kappa shape index (κ3) is 7.42. The molecule has 0 spiro atoms. The number of pyridine rings is 1. The number of nitrogens with zero attached hydrogens (tertiary/aromatic N) is 1. The van der Waals surface area contributed by atoms with Gasteiger partial charge in [0.1, 0.15) is 17.6 Å². The molecule has 0 saturated heterocycles. The highest BCUT2D eigenvalue weighted by Crippen LogP contribution is 2.30. The van der Waals surface area contributed by atoms with Gasteiger partial charge in [-0.15, -0.1) is 0 Å². The third-order valence-electron chi connectivity index (χ3n) is 6.37. The summed E-state index contributed by atoms with van der Waals surface area (Å²) in [4.78, 5) is 15.7. The fraction of sp³-hybridized carbons (Fsp3) is 0.333. The van der Waals surface area contributed by atoms with E-state index in [1.165, 1.54) is 11.6 Å². The number of carbonyl (C=O) groups is 1. The molecule has 1 aromatic heterocycles. The average molecular weight is 579 g/mol. The van der Waals surface area contributed by atoms with E-state index >= 15 is 0 Å². The minimum absolute atomic E-state index is 0.235. The predicted octanol–water partition coefficient (Wildman–Crippen LogP) is 4.03. The molecule has 3 aromatic rings. The number of aryl methyl sites for hydroxylation is 2. The van der Waals surface area contributed by atoms with Crippen LogP contribution in [0.5, 0.6) is 5.75 Å². The molecule has 0 aliphatic carbocycles. The Bertz CT molecular complexity index is 1480. The zero-order chi connectivity index (χ0) is 28.9. The van der Waals surface area contributed by atoms with Gasteiger partial charge < -0.3 is 20.9 Å². The zero-order valence-electron chi connectivity index (χ0n) is 21.4. The first-order valence-corrected chi connectivity index (χ1v) is 14.1. The molecule has 0 amide bonds. The van der Waals surface area contributed by atoms with E-state index in [-0.39, 0.29) is 12.1 Å². The van der Waals surface area contributed by atoms with Gasteiger partial charge in [0.15, 0.2) is 0 Å². The first-order chi connectivity index (χ1) is 18.9. The Kier molecular flexibility index (Phi) is 8.84. The van der Waals surface area contributed by atoms with Crippen LogP contribution in [0.4, 0.5) is 24.7 Å². The molecule has 0 radical (unpaired) electrons. The lowest BCUT2D eigenvalue weighted by Crippen LogP contribution is -2.42. The number of aromatic nitrogens is 1. The summed E-state index contributed by atoms with van der Waals surface area (Å²) < 4.78 is 72.1. The number of anilines is 2. The molecule has 1 aliphatic rings. The average Bonchev–Trinajstić information content (AvgIpc) is 2.91. The molecule has 1 aliphatic heterocycles. The molecule has 0 saturated carbocycles. The van der Waals surface area contributed by atoms with Gasteiger partial charge >= 0.3 is 12.1 Å². The fourth-order valence-corrected chi connectivity index (χ4v) is 5.54. The summed E-state index contributed by atoms with van der Waals surface area (Å²) in [6.07, 6.45) is -1.55. The van der Waals surface area contributed by atoms with Crippen LogP contribution in [-0.4, -0.2) is 43.7 Å². The summed E-state index contributed by atoms with van der Waals surface area (Å²) in [6, 6.07) is 10.1. The molecule has 13 heteroatoms. The van der Waals surface area contributed by atoms with Crippen molar-refractivity contribution in [1.82, 2.24) is 9.71 Å². The minimum atomic E-state index is -4.76. The van der Waals surface area contributed by atoms with Gasteiger partial charge in [-0.2, -0.15) is 17.9 Å². The number of alkyl halides is 3. The van der Waals surface area contributed by atoms with Gasteiger partial charge in [-0.1, -0.05) is 18.2 Å². The van der Waals surface area contributed by atoms with Crippen molar-refractivity contribution in [3.63, 3.8) is 0 Å². The fourth-order valence-electron chi connectivity index (χ4n) is 4.31. The second-order valence-electron chi connectivity index (χ2n) is 9.41. The molecular formula is C27H29F3N4O5S. The van der Waals surface area contributed by atoms with Crippen LogP contribution < -0.4 is 20.5 Å². The number of hydrogen-bond donors (Lipinski definition) is 4. The number of rotatable bonds is 11. The number of carboxylic acid groups (broad SMARTS) is 1. The summed E-state index contributed by atoms with van der Waals surface area (Å²) in [5.41, 5.74) is 7.71. The number of nitrogen functional groups attached to an aromatic ring is 1. The maximum Gasteiger partial charge on any atom is 0.416 e. The van der Waals surface area contributed by atoms with Gasteiger partial charge in [-0.3, -0.25) is 4.79 Å². The number of fused-ring (bicyclic) bond motifs is 1. The van der Waals surface area contributed by atoms with Crippen LogP contribution in [0, 0.1) is 0 Å². The lowest BCUT2D eigenvalue weighted by atomic mass is 10.1. The number of hydrogen-bond acceptors (Lipinski definition) is 7. The molecular weight excluding hydrogens is 549 g/mol. The Balaban J connectivity index is 1.34. The second kappa shape index (κ2) is 12.1. The number of sulfonamides is 1. The van der Waals surface area contributed by atoms with Crippen molar-refractivity contribution in [3.8, 4) is 5.75 Å². The largest absolute Gasteiger partial charge is 0.491 e. The summed E-state index contributed by atoms with van der Waals surface area (Å²) in [5.74, 6) is -0.179. The molecule has 9 nitrogen and oxygen atoms in total. The first kappa shape index (κ1) is 29.2. The van der Waals surface area contributed by atoms with Crippen molar-refractivity contribution in [2.24, 2.45) is 0 Å². The van der Waals surface area contributed by atoms with Crippen LogP contribution in [0.1, 0.15) is 35.2 Å². The van der Waals surface area contributed by atoms with E-state index in [2.05, 4.69) is 16.4 Å². The van der Waals surface area contributed by atoms with Crippen LogP contribution in [-0.2, 0) is 40.3 Å². The number of benzene rings is 2. The lowest BCUT2D eigenvalue weighted by molar-refractivity contribution is -0.139. The molecule has 2 heterocycles. The van der Waals surface area contributed by atoms with Crippen molar-refractivity contribution >= 4 is 27.5 Å². The number of carboxylic acids is 1. The first-order valence-electron chi connectivity index (χ1n) is 12.6. The number of aliphatic carboxylic acids is 1. The van der Waals surface area contributed by atoms with Crippen LogP contribution in [0.2, 0.25) is 0 Å². The number of nitrogens with two attached hydrogens (primary N) is 1. The topological polar surface area (TPSA) is 144 Å². The number of halogens is 3. The Labute approximate surface area is 229 Å². The molecule has 2 aromatic carbocycles. The summed E-state index contributed by atoms with van der Waals surface area (Å²) in [5, 5.41) is 12.9. The van der Waals surface area contributed by atoms with E-state index in [1.807, 2.05) is 10.8 Å². The molecule has 40 heavy (non-hydrogen) atoms. The predicted molar refractivity (Wildman–Crippen MR) is 143 cm³/mol. The highest BCUT2D eigenvalue weighted by molar-refractivity contribution is 7.89. The normalized spacial score (nSPS) is 14.2. The van der Waals surface area contributed by atoms with Crippen molar-refractivity contribution < 1.29 is 36.2 Å². The van der Waals surface area contributed by atoms with Crippen LogP contribution in [0.3, 0.4) is 0 Å². The summed E-state index contributed by atoms with van der Waals surface area (Å²) in [6.45, 7) is 1.28. The third-order valence-corrected chi connectivity index (χ3v) is 7.84. The maximum atomic E-state index is 13.0. The van der Waals surface area contributed by atoms with Crippen molar-refractivity contribution in [2.75, 3.05) is 24.2 Å². The second-order valence-corrected chi connectivity index (χ2v) is 11.1. The maximum absolute atomic E-state index is 13.0. The van der Waals surface area contributed by atoms with E-state index in [1.54, 1.807) is 12.1 Å². The zero-order valence-corrected chi connectivity index (χ0v) is 22.2. The van der Waals surface area contributed by atoms with E-state index in [4.69, 9.17) is 10.5 Å². The molecule has 0 bridgehead atoms. The Morgan fingerprint density at radius 1 is 1.18 bits per heavy atom. The van der Waals surface area contributed by atoms with E-state index in [0.717, 1.165) is 49.1 Å². The molecule has 214 valence electrons. The number of ether oxygens (including phenoxy) is 1. The lowest BCUT2D eigenvalue weighted by Gasteiger charge is -2.17. The summed E-state index contributed by atoms with van der Waals surface area (Å²) >= 11 is 0. The van der Waals surface area contributed by atoms with Gasteiger partial charge in [0.05, 0.1) is 22.8 Å². The van der Waals surface area contributed by atoms with Crippen LogP contribution in [0.15, 0.2) is 59.5 Å². The highest BCUT2D eigenvalue weighted by atomic mass is 32.2. The Morgan fingerprint density at radius 2 is 1.98 bits per heavy atom. The van der Waals surface area contributed by atoms with Gasteiger partial charge in [0.2, 0.25) is 10.0 Å². The molecule has 4 rings (SSSR count). The number of nitrogens with one attached hydrogen (secondary N) is 2. The molecule has 0 unspecified atom stereocenters. The minimum Gasteiger partial charge on any atom is -0.491 e. The van der Waals surface area contributed by atoms with Gasteiger partial charge in [-0.05, 0) is 79.6 Å². The van der Waals surface area contributed by atoms with Crippen molar-refractivity contribution in [2.45, 2.75) is 49.2 Å². The van der Waals surface area contributed by atoms with Crippen LogP contribution >= 0.6 is 0 Å². The highest BCUT2D eigenvalue weighted by Gasteiger charge is 2.33. The molecule has 5 N–H and O–H groups in total. The van der Waals surface area contributed by atoms with E-state index in [0.29, 0.717) is 36.8 Å². The smallest absolute Gasteiger partial charge is 0.416 e. The SMILES string of the molecule is Nc1cc(C[C@H](NS(=O)(=O)c2cccc(C(F)(F)F)c2)C(=O)O)ccc1OCCCc1ccc2c(n1)NCCC2. The summed E-state index contributed by atoms with van der Waals surface area (Å²) in [7, 11) is -4.56. The van der Waals surface area contributed by atoms with Gasteiger partial charge in [0, 0.05) is 12.2 Å². The monoisotopic (exact) mass is 578 g/mol. The van der Waals surface area contributed by atoms with Crippen molar-refractivity contribution in [3.05, 3.63) is 77.0 Å². The van der Waals surface area contributed by atoms with E-state index in [9.17, 15) is 31.5 Å². The van der Waals surface area contributed by atoms with Crippen LogP contribution in [0.25, 0.3) is 0 Å². The Hall–Kier alpha value is -3.84. The van der Waals surface area contributed by atoms with Gasteiger partial charge in [-0.25, -0.2) is 13.4 Å². The van der Waals surface area contributed by atoms with Gasteiger partial charge in [0.25, 0.3) is 0 Å². The van der Waals surface area contributed by atoms with E-state index < -0.39 is 38.7 Å². The van der Waals surface area contributed by atoms with Crippen molar-refractivity contribution in [1.29, 1.82) is 0 Å². The quantitative estimate of drug-likeness (QED) is 0.197. The standard InChI is InChI=1S/C27H29F3N4O5S/c28-27(29,30)19-5-1-7-21(16-19)40(37,38)34-23(26(35)36)15-17-8-11-24(22(31)14-17)39-13-3-6-20-10-9-18-4-2-12-32-25(18)33-20/h1,5,7-11,14,16,23,34H,2-4,6,12-13,15,31H2,(H,32,33)(H,35,36)/t23-/m0/s1.